The number of ether oxygens (including phenoxy) is 2. The maximum Gasteiger partial charge on any atom is 0.311 e. The topological polar surface area (TPSA) is 97.8 Å². The molecule has 1 amide bonds. The number of amides is 1. The van der Waals surface area contributed by atoms with E-state index in [1.165, 1.54) is 0 Å². The Labute approximate surface area is 161 Å². The van der Waals surface area contributed by atoms with Crippen LogP contribution in [-0.4, -0.2) is 41.7 Å². The number of hydrogen-bond acceptors (Lipinski definition) is 6. The number of carbonyl (C=O) groups excluding carboxylic acids is 1. The van der Waals surface area contributed by atoms with Gasteiger partial charge in [-0.2, -0.15) is 0 Å². The second-order valence-electron chi connectivity index (χ2n) is 6.55. The summed E-state index contributed by atoms with van der Waals surface area (Å²) in [4.78, 5) is 28.5. The molecule has 0 atom stereocenters. The number of thiazole rings is 1. The molecule has 0 spiro atoms. The van der Waals surface area contributed by atoms with Crippen molar-refractivity contribution in [2.45, 2.75) is 26.4 Å². The number of rotatable bonds is 7. The van der Waals surface area contributed by atoms with Gasteiger partial charge < -0.3 is 19.9 Å². The largest absolute Gasteiger partial charge is 0.487 e. The van der Waals surface area contributed by atoms with Gasteiger partial charge in [0.1, 0.15) is 12.4 Å². The first kappa shape index (κ1) is 19.3. The van der Waals surface area contributed by atoms with Gasteiger partial charge in [0.05, 0.1) is 16.1 Å². The fourth-order valence-corrected chi connectivity index (χ4v) is 3.54. The van der Waals surface area contributed by atoms with Crippen molar-refractivity contribution in [2.24, 2.45) is 5.41 Å². The molecule has 1 saturated heterocycles. The van der Waals surface area contributed by atoms with Crippen molar-refractivity contribution in [3.8, 4) is 5.75 Å². The lowest BCUT2D eigenvalue weighted by Crippen LogP contribution is -2.46. The number of hydrogen-bond donors (Lipinski definition) is 2. The second kappa shape index (κ2) is 8.49. The van der Waals surface area contributed by atoms with E-state index in [2.05, 4.69) is 10.3 Å². The van der Waals surface area contributed by atoms with E-state index in [9.17, 15) is 14.7 Å². The predicted octanol–water partition coefficient (Wildman–Crippen LogP) is 2.64. The summed E-state index contributed by atoms with van der Waals surface area (Å²) in [5.74, 6) is -0.661. The number of aryl methyl sites for hydroxylation is 1. The lowest BCUT2D eigenvalue weighted by Gasteiger charge is -2.33. The van der Waals surface area contributed by atoms with Crippen LogP contribution in [0.5, 0.6) is 5.75 Å². The van der Waals surface area contributed by atoms with Crippen molar-refractivity contribution in [1.82, 2.24) is 10.3 Å². The summed E-state index contributed by atoms with van der Waals surface area (Å²) in [6, 6.07) is 6.82. The third-order valence-electron chi connectivity index (χ3n) is 4.64. The van der Waals surface area contributed by atoms with Crippen molar-refractivity contribution in [2.75, 3.05) is 19.8 Å². The fraction of sp³-hybridized carbons (Fsp3) is 0.421. The van der Waals surface area contributed by atoms with Crippen LogP contribution in [0.2, 0.25) is 0 Å². The summed E-state index contributed by atoms with van der Waals surface area (Å²) in [6.45, 7) is 3.12. The van der Waals surface area contributed by atoms with Crippen molar-refractivity contribution in [1.29, 1.82) is 0 Å². The number of carbonyl (C=O) groups is 2. The minimum absolute atomic E-state index is 0.0771. The Hall–Kier alpha value is -2.45. The number of carboxylic acid groups (broad SMARTS) is 1. The Morgan fingerprint density at radius 2 is 2.15 bits per heavy atom. The van der Waals surface area contributed by atoms with Gasteiger partial charge in [0, 0.05) is 30.7 Å². The van der Waals surface area contributed by atoms with Crippen LogP contribution < -0.4 is 10.1 Å². The first-order valence-electron chi connectivity index (χ1n) is 8.72. The molecule has 0 bridgehead atoms. The summed E-state index contributed by atoms with van der Waals surface area (Å²) in [5, 5.41) is 15.2. The van der Waals surface area contributed by atoms with Crippen LogP contribution in [-0.2, 0) is 16.1 Å². The molecule has 8 heteroatoms. The highest BCUT2D eigenvalue weighted by atomic mass is 32.1. The molecule has 2 aromatic rings. The van der Waals surface area contributed by atoms with Crippen molar-refractivity contribution in [3.05, 3.63) is 45.9 Å². The van der Waals surface area contributed by atoms with Gasteiger partial charge >= 0.3 is 5.97 Å². The quantitative estimate of drug-likeness (QED) is 0.754. The van der Waals surface area contributed by atoms with Gasteiger partial charge in [0.15, 0.2) is 0 Å². The molecule has 1 aliphatic heterocycles. The van der Waals surface area contributed by atoms with E-state index in [0.717, 1.165) is 10.7 Å². The van der Waals surface area contributed by atoms with E-state index in [0.29, 0.717) is 44.0 Å². The number of benzene rings is 1. The third-order valence-corrected chi connectivity index (χ3v) is 5.46. The fourth-order valence-electron chi connectivity index (χ4n) is 2.94. The average Bonchev–Trinajstić information content (AvgIpc) is 3.10. The van der Waals surface area contributed by atoms with Gasteiger partial charge in [0.25, 0.3) is 5.91 Å². The number of aliphatic carboxylic acids is 1. The predicted molar refractivity (Wildman–Crippen MR) is 100 cm³/mol. The second-order valence-corrected chi connectivity index (χ2v) is 7.62. The molecule has 3 rings (SSSR count). The Morgan fingerprint density at radius 3 is 2.81 bits per heavy atom. The average molecular weight is 390 g/mol. The van der Waals surface area contributed by atoms with E-state index in [4.69, 9.17) is 9.47 Å². The SMILES string of the molecule is Cc1nc(COc2cccc(C(=O)NCC3(C(=O)O)CCOCC3)c2)cs1. The van der Waals surface area contributed by atoms with Crippen LogP contribution >= 0.6 is 11.3 Å². The molecule has 1 aliphatic rings. The number of carboxylic acids is 1. The molecule has 27 heavy (non-hydrogen) atoms. The normalized spacial score (nSPS) is 15.9. The lowest BCUT2D eigenvalue weighted by molar-refractivity contribution is -0.154. The zero-order valence-corrected chi connectivity index (χ0v) is 15.9. The molecule has 1 aromatic carbocycles. The van der Waals surface area contributed by atoms with E-state index >= 15 is 0 Å². The Kier molecular flexibility index (Phi) is 6.08. The molecule has 2 heterocycles. The third kappa shape index (κ3) is 4.84. The zero-order valence-electron chi connectivity index (χ0n) is 15.1. The molecule has 7 nitrogen and oxygen atoms in total. The van der Waals surface area contributed by atoms with Crippen LogP contribution in [0, 0.1) is 12.3 Å². The zero-order chi connectivity index (χ0) is 19.3. The lowest BCUT2D eigenvalue weighted by atomic mass is 9.80. The molecule has 2 N–H and O–H groups in total. The number of aromatic nitrogens is 1. The highest BCUT2D eigenvalue weighted by Gasteiger charge is 2.40. The van der Waals surface area contributed by atoms with Gasteiger partial charge in [-0.3, -0.25) is 9.59 Å². The van der Waals surface area contributed by atoms with Gasteiger partial charge in [0.2, 0.25) is 0 Å². The maximum atomic E-state index is 12.5. The Balaban J connectivity index is 1.60. The Bertz CT molecular complexity index is 814. The van der Waals surface area contributed by atoms with Gasteiger partial charge in [-0.05, 0) is 38.0 Å². The van der Waals surface area contributed by atoms with Crippen molar-refractivity contribution in [3.63, 3.8) is 0 Å². The van der Waals surface area contributed by atoms with Crippen LogP contribution in [0.4, 0.5) is 0 Å². The minimum atomic E-state index is -0.968. The van der Waals surface area contributed by atoms with Crippen LogP contribution in [0.15, 0.2) is 29.6 Å². The van der Waals surface area contributed by atoms with Crippen LogP contribution in [0.1, 0.15) is 33.9 Å². The van der Waals surface area contributed by atoms with Crippen LogP contribution in [0.3, 0.4) is 0 Å². The van der Waals surface area contributed by atoms with Gasteiger partial charge in [-0.25, -0.2) is 4.98 Å². The molecule has 0 unspecified atom stereocenters. The highest BCUT2D eigenvalue weighted by Crippen LogP contribution is 2.30. The van der Waals surface area contributed by atoms with Crippen LogP contribution in [0.25, 0.3) is 0 Å². The molecule has 144 valence electrons. The first-order chi connectivity index (χ1) is 13.0. The molecular formula is C19H22N2O5S. The smallest absolute Gasteiger partial charge is 0.311 e. The molecule has 0 saturated carbocycles. The van der Waals surface area contributed by atoms with Gasteiger partial charge in [-0.15, -0.1) is 11.3 Å². The molecule has 1 aromatic heterocycles. The standard InChI is InChI=1S/C19H22N2O5S/c1-13-21-15(11-27-13)10-26-16-4-2-3-14(9-16)17(22)20-12-19(18(23)24)5-7-25-8-6-19/h2-4,9,11H,5-8,10,12H2,1H3,(H,20,22)(H,23,24). The van der Waals surface area contributed by atoms with E-state index < -0.39 is 11.4 Å². The monoisotopic (exact) mass is 390 g/mol. The first-order valence-corrected chi connectivity index (χ1v) is 9.60. The molecule has 1 fully saturated rings. The number of nitrogens with one attached hydrogen (secondary N) is 1. The van der Waals surface area contributed by atoms with Gasteiger partial charge in [-0.1, -0.05) is 6.07 Å². The molecule has 0 aliphatic carbocycles. The Morgan fingerprint density at radius 1 is 1.37 bits per heavy atom. The summed E-state index contributed by atoms with van der Waals surface area (Å²) in [6.07, 6.45) is 0.775. The number of nitrogens with zero attached hydrogens (tertiary/aromatic N) is 1. The molecular weight excluding hydrogens is 368 g/mol. The van der Waals surface area contributed by atoms with E-state index in [1.54, 1.807) is 35.6 Å². The summed E-state index contributed by atoms with van der Waals surface area (Å²) in [7, 11) is 0. The van der Waals surface area contributed by atoms with Crippen molar-refractivity contribution < 1.29 is 24.2 Å². The van der Waals surface area contributed by atoms with Crippen molar-refractivity contribution >= 4 is 23.2 Å². The molecule has 0 radical (unpaired) electrons. The summed E-state index contributed by atoms with van der Waals surface area (Å²) in [5.41, 5.74) is 0.301. The summed E-state index contributed by atoms with van der Waals surface area (Å²) < 4.78 is 11.0. The maximum absolute atomic E-state index is 12.5. The summed E-state index contributed by atoms with van der Waals surface area (Å²) >= 11 is 1.56. The minimum Gasteiger partial charge on any atom is -0.487 e. The van der Waals surface area contributed by atoms with E-state index in [1.807, 2.05) is 12.3 Å². The highest BCUT2D eigenvalue weighted by molar-refractivity contribution is 7.09. The van der Waals surface area contributed by atoms with E-state index in [-0.39, 0.29) is 12.5 Å².